The van der Waals surface area contributed by atoms with Crippen LogP contribution < -0.4 is 19.7 Å². The lowest BCUT2D eigenvalue weighted by atomic mass is 10.1. The van der Waals surface area contributed by atoms with Gasteiger partial charge in [-0.25, -0.2) is 8.42 Å². The first kappa shape index (κ1) is 14.4. The molecule has 0 spiro atoms. The average Bonchev–Trinajstić information content (AvgIpc) is 2.88. The van der Waals surface area contributed by atoms with E-state index in [9.17, 15) is 8.42 Å². The van der Waals surface area contributed by atoms with Crippen LogP contribution in [0.25, 0.3) is 0 Å². The normalized spacial score (nSPS) is 26.4. The Kier molecular flexibility index (Phi) is 3.45. The number of methoxy groups -OCH3 is 2. The zero-order chi connectivity index (χ0) is 15.2. The SMILES string of the molecule is COc1ccc(N2C(=S)N[C@H]3CS(=O)(=O)C[C@H]32)c(OC)c1. The highest BCUT2D eigenvalue weighted by Crippen LogP contribution is 2.37. The Balaban J connectivity index is 2.01. The molecule has 1 aromatic carbocycles. The van der Waals surface area contributed by atoms with E-state index in [4.69, 9.17) is 21.7 Å². The van der Waals surface area contributed by atoms with Crippen LogP contribution in [-0.2, 0) is 9.84 Å². The molecule has 0 unspecified atom stereocenters. The summed E-state index contributed by atoms with van der Waals surface area (Å²) >= 11 is 5.35. The van der Waals surface area contributed by atoms with E-state index < -0.39 is 9.84 Å². The second-order valence-electron chi connectivity index (χ2n) is 5.11. The van der Waals surface area contributed by atoms with E-state index in [0.29, 0.717) is 16.6 Å². The smallest absolute Gasteiger partial charge is 0.174 e. The van der Waals surface area contributed by atoms with E-state index >= 15 is 0 Å². The van der Waals surface area contributed by atoms with Crippen LogP contribution in [0.2, 0.25) is 0 Å². The third-order valence-electron chi connectivity index (χ3n) is 3.83. The standard InChI is InChI=1S/C13H16N2O4S2/c1-18-8-3-4-10(12(5-8)19-2)15-11-7-21(16,17)6-9(11)14-13(15)20/h3-5,9,11H,6-7H2,1-2H3,(H,14,20)/t9-,11+/m0/s1. The minimum atomic E-state index is -3.03. The van der Waals surface area contributed by atoms with Gasteiger partial charge in [0.1, 0.15) is 11.5 Å². The Bertz CT molecular complexity index is 689. The molecular formula is C13H16N2O4S2. The van der Waals surface area contributed by atoms with Crippen LogP contribution in [0.1, 0.15) is 0 Å². The number of benzene rings is 1. The molecule has 1 N–H and O–H groups in total. The van der Waals surface area contributed by atoms with Gasteiger partial charge in [0, 0.05) is 6.07 Å². The predicted molar refractivity (Wildman–Crippen MR) is 84.0 cm³/mol. The van der Waals surface area contributed by atoms with Crippen molar-refractivity contribution in [1.82, 2.24) is 5.32 Å². The number of thiocarbonyl (C=S) groups is 1. The monoisotopic (exact) mass is 328 g/mol. The van der Waals surface area contributed by atoms with Crippen LogP contribution in [-0.4, -0.2) is 51.3 Å². The number of sulfone groups is 1. The minimum Gasteiger partial charge on any atom is -0.497 e. The molecule has 2 aliphatic rings. The highest BCUT2D eigenvalue weighted by molar-refractivity contribution is 7.91. The Morgan fingerprint density at radius 3 is 2.71 bits per heavy atom. The molecule has 3 rings (SSSR count). The van der Waals surface area contributed by atoms with Crippen LogP contribution in [0.5, 0.6) is 11.5 Å². The van der Waals surface area contributed by atoms with Crippen molar-refractivity contribution in [3.63, 3.8) is 0 Å². The summed E-state index contributed by atoms with van der Waals surface area (Å²) in [5.74, 6) is 1.49. The van der Waals surface area contributed by atoms with Crippen molar-refractivity contribution >= 4 is 32.9 Å². The van der Waals surface area contributed by atoms with E-state index in [0.717, 1.165) is 5.69 Å². The number of hydrogen-bond donors (Lipinski definition) is 1. The largest absolute Gasteiger partial charge is 0.497 e. The summed E-state index contributed by atoms with van der Waals surface area (Å²) in [6.45, 7) is 0. The first-order chi connectivity index (χ1) is 9.95. The second-order valence-corrected chi connectivity index (χ2v) is 7.65. The molecule has 21 heavy (non-hydrogen) atoms. The first-order valence-electron chi connectivity index (χ1n) is 6.47. The van der Waals surface area contributed by atoms with E-state index in [2.05, 4.69) is 5.32 Å². The van der Waals surface area contributed by atoms with Crippen molar-refractivity contribution in [2.75, 3.05) is 30.6 Å². The topological polar surface area (TPSA) is 67.9 Å². The Morgan fingerprint density at radius 2 is 2.05 bits per heavy atom. The van der Waals surface area contributed by atoms with Crippen molar-refractivity contribution in [2.45, 2.75) is 12.1 Å². The van der Waals surface area contributed by atoms with Crippen LogP contribution in [0.3, 0.4) is 0 Å². The summed E-state index contributed by atoms with van der Waals surface area (Å²) in [6.07, 6.45) is 0. The molecule has 8 heteroatoms. The zero-order valence-electron chi connectivity index (χ0n) is 11.7. The summed E-state index contributed by atoms with van der Waals surface area (Å²) in [4.78, 5) is 1.84. The lowest BCUT2D eigenvalue weighted by Gasteiger charge is -2.25. The van der Waals surface area contributed by atoms with E-state index in [1.807, 2.05) is 11.0 Å². The van der Waals surface area contributed by atoms with Gasteiger partial charge in [-0.15, -0.1) is 0 Å². The van der Waals surface area contributed by atoms with E-state index in [1.165, 1.54) is 0 Å². The third-order valence-corrected chi connectivity index (χ3v) is 5.86. The molecular weight excluding hydrogens is 312 g/mol. The van der Waals surface area contributed by atoms with Crippen molar-refractivity contribution in [2.24, 2.45) is 0 Å². The van der Waals surface area contributed by atoms with Gasteiger partial charge in [-0.05, 0) is 24.4 Å². The van der Waals surface area contributed by atoms with Crippen molar-refractivity contribution in [3.8, 4) is 11.5 Å². The molecule has 0 saturated carbocycles. The van der Waals surface area contributed by atoms with E-state index in [-0.39, 0.29) is 23.6 Å². The van der Waals surface area contributed by atoms with Crippen molar-refractivity contribution in [3.05, 3.63) is 18.2 Å². The van der Waals surface area contributed by atoms with Gasteiger partial charge in [0.05, 0.1) is 43.5 Å². The number of ether oxygens (including phenoxy) is 2. The maximum atomic E-state index is 11.8. The maximum Gasteiger partial charge on any atom is 0.174 e. The lowest BCUT2D eigenvalue weighted by molar-refractivity contribution is 0.394. The first-order valence-corrected chi connectivity index (χ1v) is 8.70. The van der Waals surface area contributed by atoms with Gasteiger partial charge in [0.15, 0.2) is 14.9 Å². The van der Waals surface area contributed by atoms with Gasteiger partial charge < -0.3 is 19.7 Å². The fourth-order valence-corrected chi connectivity index (χ4v) is 5.15. The zero-order valence-corrected chi connectivity index (χ0v) is 13.3. The maximum absolute atomic E-state index is 11.8. The Hall–Kier alpha value is -1.54. The highest BCUT2D eigenvalue weighted by Gasteiger charge is 2.48. The van der Waals surface area contributed by atoms with Gasteiger partial charge in [-0.1, -0.05) is 0 Å². The Labute approximate surface area is 128 Å². The molecule has 1 aromatic rings. The number of fused-ring (bicyclic) bond motifs is 1. The molecule has 2 atom stereocenters. The molecule has 2 fully saturated rings. The number of hydrogen-bond acceptors (Lipinski definition) is 5. The summed E-state index contributed by atoms with van der Waals surface area (Å²) in [7, 11) is 0.111. The Morgan fingerprint density at radius 1 is 1.29 bits per heavy atom. The van der Waals surface area contributed by atoms with E-state index in [1.54, 1.807) is 26.4 Å². The third kappa shape index (κ3) is 2.42. The van der Waals surface area contributed by atoms with Gasteiger partial charge >= 0.3 is 0 Å². The fourth-order valence-electron chi connectivity index (χ4n) is 2.87. The summed E-state index contributed by atoms with van der Waals surface area (Å²) in [5.41, 5.74) is 0.750. The molecule has 2 saturated heterocycles. The second kappa shape index (κ2) is 5.03. The van der Waals surface area contributed by atoms with Gasteiger partial charge in [-0.2, -0.15) is 0 Å². The predicted octanol–water partition coefficient (Wildman–Crippen LogP) is 0.564. The van der Waals surface area contributed by atoms with Crippen LogP contribution >= 0.6 is 12.2 Å². The molecule has 2 heterocycles. The molecule has 0 aromatic heterocycles. The fraction of sp³-hybridized carbons (Fsp3) is 0.462. The average molecular weight is 328 g/mol. The number of rotatable bonds is 3. The molecule has 0 aliphatic carbocycles. The summed E-state index contributed by atoms with van der Waals surface area (Å²) in [5, 5.41) is 3.62. The molecule has 6 nitrogen and oxygen atoms in total. The number of anilines is 1. The molecule has 0 bridgehead atoms. The number of nitrogens with zero attached hydrogens (tertiary/aromatic N) is 1. The molecule has 0 radical (unpaired) electrons. The van der Waals surface area contributed by atoms with Crippen LogP contribution in [0, 0.1) is 0 Å². The minimum absolute atomic E-state index is 0.0972. The molecule has 0 amide bonds. The van der Waals surface area contributed by atoms with Crippen molar-refractivity contribution < 1.29 is 17.9 Å². The van der Waals surface area contributed by atoms with Crippen LogP contribution in [0.4, 0.5) is 5.69 Å². The van der Waals surface area contributed by atoms with Gasteiger partial charge in [0.25, 0.3) is 0 Å². The highest BCUT2D eigenvalue weighted by atomic mass is 32.2. The summed E-state index contributed by atoms with van der Waals surface area (Å²) in [6, 6.07) is 5.05. The molecule has 2 aliphatic heterocycles. The van der Waals surface area contributed by atoms with Gasteiger partial charge in [0.2, 0.25) is 0 Å². The lowest BCUT2D eigenvalue weighted by Crippen LogP contribution is -2.37. The quantitative estimate of drug-likeness (QED) is 0.813. The summed E-state index contributed by atoms with van der Waals surface area (Å²) < 4.78 is 34.2. The van der Waals surface area contributed by atoms with Gasteiger partial charge in [-0.3, -0.25) is 0 Å². The van der Waals surface area contributed by atoms with Crippen molar-refractivity contribution in [1.29, 1.82) is 0 Å². The molecule has 114 valence electrons. The van der Waals surface area contributed by atoms with Crippen LogP contribution in [0.15, 0.2) is 18.2 Å². The number of nitrogens with one attached hydrogen (secondary N) is 1.